The molecule has 0 aliphatic rings. The van der Waals surface area contributed by atoms with Crippen molar-refractivity contribution in [3.63, 3.8) is 0 Å². The van der Waals surface area contributed by atoms with Gasteiger partial charge < -0.3 is 19.5 Å². The molecular formula is C16H27NO3. The van der Waals surface area contributed by atoms with Crippen LogP contribution in [0.4, 0.5) is 0 Å². The van der Waals surface area contributed by atoms with E-state index < -0.39 is 0 Å². The fourth-order valence-electron chi connectivity index (χ4n) is 1.71. The Morgan fingerprint density at radius 1 is 1.10 bits per heavy atom. The van der Waals surface area contributed by atoms with E-state index >= 15 is 0 Å². The molecule has 0 saturated heterocycles. The van der Waals surface area contributed by atoms with Crippen LogP contribution < -0.4 is 10.1 Å². The van der Waals surface area contributed by atoms with E-state index in [4.69, 9.17) is 14.2 Å². The van der Waals surface area contributed by atoms with Crippen LogP contribution in [0.2, 0.25) is 0 Å². The first kappa shape index (κ1) is 17.0. The molecule has 20 heavy (non-hydrogen) atoms. The summed E-state index contributed by atoms with van der Waals surface area (Å²) in [5.74, 6) is 1.56. The van der Waals surface area contributed by atoms with Crippen molar-refractivity contribution in [3.05, 3.63) is 29.8 Å². The van der Waals surface area contributed by atoms with Crippen LogP contribution in [0.15, 0.2) is 24.3 Å². The third kappa shape index (κ3) is 8.15. The maximum Gasteiger partial charge on any atom is 0.119 e. The minimum atomic E-state index is 0.562. The van der Waals surface area contributed by atoms with Crippen LogP contribution in [-0.4, -0.2) is 40.1 Å². The quantitative estimate of drug-likeness (QED) is 0.633. The summed E-state index contributed by atoms with van der Waals surface area (Å²) in [6, 6.07) is 8.17. The average Bonchev–Trinajstić information content (AvgIpc) is 2.43. The van der Waals surface area contributed by atoms with Crippen LogP contribution in [0.1, 0.15) is 19.4 Å². The predicted molar refractivity (Wildman–Crippen MR) is 81.2 cm³/mol. The highest BCUT2D eigenvalue weighted by Gasteiger charge is 1.98. The Morgan fingerprint density at radius 2 is 1.90 bits per heavy atom. The maximum absolute atomic E-state index is 5.66. The van der Waals surface area contributed by atoms with Gasteiger partial charge in [-0.1, -0.05) is 26.0 Å². The van der Waals surface area contributed by atoms with E-state index in [-0.39, 0.29) is 0 Å². The van der Waals surface area contributed by atoms with E-state index in [0.29, 0.717) is 32.3 Å². The number of nitrogens with one attached hydrogen (secondary N) is 1. The molecule has 1 aromatic rings. The van der Waals surface area contributed by atoms with Gasteiger partial charge in [0.1, 0.15) is 12.4 Å². The highest BCUT2D eigenvalue weighted by atomic mass is 16.5. The Bertz CT molecular complexity index is 355. The van der Waals surface area contributed by atoms with Crippen molar-refractivity contribution in [2.45, 2.75) is 20.4 Å². The molecule has 0 saturated carbocycles. The lowest BCUT2D eigenvalue weighted by molar-refractivity contribution is 0.0544. The standard InChI is InChI=1S/C16H27NO3/c1-14(2)12-17-13-15-5-4-6-16(11-15)20-10-9-19-8-7-18-3/h4-6,11,14,17H,7-10,12-13H2,1-3H3. The first-order valence-corrected chi connectivity index (χ1v) is 7.21. The van der Waals surface area contributed by atoms with Gasteiger partial charge in [0.15, 0.2) is 0 Å². The van der Waals surface area contributed by atoms with Crippen LogP contribution in [0.3, 0.4) is 0 Å². The van der Waals surface area contributed by atoms with Gasteiger partial charge in [-0.25, -0.2) is 0 Å². The zero-order valence-electron chi connectivity index (χ0n) is 12.9. The van der Waals surface area contributed by atoms with Crippen molar-refractivity contribution in [1.29, 1.82) is 0 Å². The van der Waals surface area contributed by atoms with E-state index in [2.05, 4.69) is 31.3 Å². The van der Waals surface area contributed by atoms with Gasteiger partial charge in [0.25, 0.3) is 0 Å². The SMILES string of the molecule is COCCOCCOc1cccc(CNCC(C)C)c1. The van der Waals surface area contributed by atoms with Crippen LogP contribution in [0.5, 0.6) is 5.75 Å². The van der Waals surface area contributed by atoms with Crippen LogP contribution >= 0.6 is 0 Å². The minimum Gasteiger partial charge on any atom is -0.491 e. The number of hydrogen-bond donors (Lipinski definition) is 1. The van der Waals surface area contributed by atoms with Crippen molar-refractivity contribution < 1.29 is 14.2 Å². The summed E-state index contributed by atoms with van der Waals surface area (Å²) >= 11 is 0. The van der Waals surface area contributed by atoms with E-state index in [0.717, 1.165) is 18.8 Å². The molecule has 1 N–H and O–H groups in total. The molecule has 0 spiro atoms. The van der Waals surface area contributed by atoms with Crippen LogP contribution in [0.25, 0.3) is 0 Å². The molecule has 0 bridgehead atoms. The first-order valence-electron chi connectivity index (χ1n) is 7.21. The van der Waals surface area contributed by atoms with Gasteiger partial charge in [-0.05, 0) is 30.2 Å². The zero-order chi connectivity index (χ0) is 14.6. The number of rotatable bonds is 11. The lowest BCUT2D eigenvalue weighted by Gasteiger charge is -2.10. The van der Waals surface area contributed by atoms with Crippen molar-refractivity contribution in [2.24, 2.45) is 5.92 Å². The largest absolute Gasteiger partial charge is 0.491 e. The number of hydrogen-bond acceptors (Lipinski definition) is 4. The first-order chi connectivity index (χ1) is 9.72. The van der Waals surface area contributed by atoms with E-state index in [9.17, 15) is 0 Å². The number of ether oxygens (including phenoxy) is 3. The molecular weight excluding hydrogens is 254 g/mol. The molecule has 4 heteroatoms. The number of benzene rings is 1. The van der Waals surface area contributed by atoms with Gasteiger partial charge in [0, 0.05) is 13.7 Å². The minimum absolute atomic E-state index is 0.562. The van der Waals surface area contributed by atoms with Crippen molar-refractivity contribution in [2.75, 3.05) is 40.1 Å². The molecule has 114 valence electrons. The Morgan fingerprint density at radius 3 is 2.65 bits per heavy atom. The summed E-state index contributed by atoms with van der Waals surface area (Å²) in [5, 5.41) is 3.42. The molecule has 0 unspecified atom stereocenters. The van der Waals surface area contributed by atoms with Crippen molar-refractivity contribution in [1.82, 2.24) is 5.32 Å². The van der Waals surface area contributed by atoms with Gasteiger partial charge in [-0.3, -0.25) is 0 Å². The molecule has 1 rings (SSSR count). The molecule has 0 heterocycles. The smallest absolute Gasteiger partial charge is 0.119 e. The summed E-state index contributed by atoms with van der Waals surface area (Å²) in [6.07, 6.45) is 0. The van der Waals surface area contributed by atoms with Gasteiger partial charge in [-0.15, -0.1) is 0 Å². The van der Waals surface area contributed by atoms with Crippen LogP contribution in [0, 0.1) is 5.92 Å². The third-order valence-corrected chi connectivity index (χ3v) is 2.71. The molecule has 0 aliphatic heterocycles. The molecule has 0 amide bonds. The molecule has 0 radical (unpaired) electrons. The van der Waals surface area contributed by atoms with E-state index in [1.165, 1.54) is 5.56 Å². The van der Waals surface area contributed by atoms with Gasteiger partial charge in [-0.2, -0.15) is 0 Å². The Labute approximate surface area is 122 Å². The van der Waals surface area contributed by atoms with Gasteiger partial charge in [0.05, 0.1) is 19.8 Å². The third-order valence-electron chi connectivity index (χ3n) is 2.71. The molecule has 0 aliphatic carbocycles. The average molecular weight is 281 g/mol. The molecule has 1 aromatic carbocycles. The molecule has 0 aromatic heterocycles. The normalized spacial score (nSPS) is 11.0. The van der Waals surface area contributed by atoms with Crippen molar-refractivity contribution >= 4 is 0 Å². The molecule has 0 fully saturated rings. The lowest BCUT2D eigenvalue weighted by Crippen LogP contribution is -2.18. The molecule has 4 nitrogen and oxygen atoms in total. The highest BCUT2D eigenvalue weighted by molar-refractivity contribution is 5.28. The maximum atomic E-state index is 5.66. The fourth-order valence-corrected chi connectivity index (χ4v) is 1.71. The lowest BCUT2D eigenvalue weighted by atomic mass is 10.2. The second-order valence-corrected chi connectivity index (χ2v) is 5.13. The van der Waals surface area contributed by atoms with E-state index in [1.807, 2.05) is 12.1 Å². The topological polar surface area (TPSA) is 39.7 Å². The predicted octanol–water partition coefficient (Wildman–Crippen LogP) is 2.47. The van der Waals surface area contributed by atoms with Gasteiger partial charge in [0.2, 0.25) is 0 Å². The van der Waals surface area contributed by atoms with Crippen molar-refractivity contribution in [3.8, 4) is 5.75 Å². The summed E-state index contributed by atoms with van der Waals surface area (Å²) in [6.45, 7) is 8.69. The zero-order valence-corrected chi connectivity index (χ0v) is 12.9. The number of methoxy groups -OCH3 is 1. The summed E-state index contributed by atoms with van der Waals surface area (Å²) in [7, 11) is 1.67. The monoisotopic (exact) mass is 281 g/mol. The Balaban J connectivity index is 2.22. The second-order valence-electron chi connectivity index (χ2n) is 5.13. The second kappa shape index (κ2) is 10.7. The summed E-state index contributed by atoms with van der Waals surface area (Å²) < 4.78 is 15.9. The fraction of sp³-hybridized carbons (Fsp3) is 0.625. The molecule has 0 atom stereocenters. The van der Waals surface area contributed by atoms with Gasteiger partial charge >= 0.3 is 0 Å². The van der Waals surface area contributed by atoms with Crippen LogP contribution in [-0.2, 0) is 16.0 Å². The highest BCUT2D eigenvalue weighted by Crippen LogP contribution is 2.13. The summed E-state index contributed by atoms with van der Waals surface area (Å²) in [5.41, 5.74) is 1.24. The summed E-state index contributed by atoms with van der Waals surface area (Å²) in [4.78, 5) is 0. The Hall–Kier alpha value is -1.10. The Kier molecular flexibility index (Phi) is 9.04. The van der Waals surface area contributed by atoms with E-state index in [1.54, 1.807) is 7.11 Å².